The van der Waals surface area contributed by atoms with Crippen LogP contribution in [0.5, 0.6) is 0 Å². The van der Waals surface area contributed by atoms with E-state index in [0.29, 0.717) is 17.3 Å². The Morgan fingerprint density at radius 2 is 1.94 bits per heavy atom. The fourth-order valence-electron chi connectivity index (χ4n) is 3.00. The zero-order valence-corrected chi connectivity index (χ0v) is 11.7. The molecule has 0 aromatic heterocycles. The lowest BCUT2D eigenvalue weighted by Crippen LogP contribution is -2.40. The lowest BCUT2D eigenvalue weighted by atomic mass is 9.68. The Bertz CT molecular complexity index is 381. The summed E-state index contributed by atoms with van der Waals surface area (Å²) in [5, 5.41) is 4.42. The van der Waals surface area contributed by atoms with E-state index in [4.69, 9.17) is 11.6 Å². The molecule has 0 saturated carbocycles. The summed E-state index contributed by atoms with van der Waals surface area (Å²) in [7, 11) is 0. The second-order valence-electron chi connectivity index (χ2n) is 6.09. The molecule has 0 spiro atoms. The van der Waals surface area contributed by atoms with Crippen LogP contribution < -0.4 is 5.32 Å². The first-order valence-corrected chi connectivity index (χ1v) is 6.83. The van der Waals surface area contributed by atoms with E-state index in [-0.39, 0.29) is 0 Å². The molecule has 0 amide bonds. The molecule has 1 heterocycles. The van der Waals surface area contributed by atoms with Crippen LogP contribution in [0.3, 0.4) is 0 Å². The quantitative estimate of drug-likeness (QED) is 0.793. The fraction of sp³-hybridized carbons (Fsp3) is 0.600. The standard InChI is InChI=1S/C15H22ClN/c1-15(2,3)13-8-9-17-10-12(13)11-6-4-5-7-14(11)16/h4-7,12-13,17H,8-10H2,1-3H3. The Hall–Kier alpha value is -0.530. The van der Waals surface area contributed by atoms with Crippen LogP contribution in [-0.4, -0.2) is 13.1 Å². The van der Waals surface area contributed by atoms with Crippen LogP contribution in [-0.2, 0) is 0 Å². The Morgan fingerprint density at radius 1 is 1.24 bits per heavy atom. The summed E-state index contributed by atoms with van der Waals surface area (Å²) in [4.78, 5) is 0. The molecule has 1 aliphatic heterocycles. The third-order valence-electron chi connectivity index (χ3n) is 3.90. The second-order valence-corrected chi connectivity index (χ2v) is 6.50. The van der Waals surface area contributed by atoms with Gasteiger partial charge in [-0.1, -0.05) is 50.6 Å². The first kappa shape index (κ1) is 12.9. The van der Waals surface area contributed by atoms with Crippen LogP contribution in [0.15, 0.2) is 24.3 Å². The molecule has 1 aromatic carbocycles. The van der Waals surface area contributed by atoms with E-state index in [1.807, 2.05) is 12.1 Å². The average molecular weight is 252 g/mol. The van der Waals surface area contributed by atoms with E-state index in [1.165, 1.54) is 12.0 Å². The molecular weight excluding hydrogens is 230 g/mol. The molecule has 0 radical (unpaired) electrons. The van der Waals surface area contributed by atoms with Gasteiger partial charge in [0.05, 0.1) is 0 Å². The van der Waals surface area contributed by atoms with Gasteiger partial charge in [-0.25, -0.2) is 0 Å². The molecule has 2 heteroatoms. The molecule has 2 atom stereocenters. The van der Waals surface area contributed by atoms with Crippen molar-refractivity contribution >= 4 is 11.6 Å². The number of hydrogen-bond acceptors (Lipinski definition) is 1. The third kappa shape index (κ3) is 2.83. The van der Waals surface area contributed by atoms with Crippen LogP contribution in [0.1, 0.15) is 38.7 Å². The Morgan fingerprint density at radius 3 is 2.59 bits per heavy atom. The number of piperidine rings is 1. The minimum absolute atomic E-state index is 0.339. The van der Waals surface area contributed by atoms with Gasteiger partial charge in [0.1, 0.15) is 0 Å². The van der Waals surface area contributed by atoms with Gasteiger partial charge >= 0.3 is 0 Å². The van der Waals surface area contributed by atoms with Gasteiger partial charge in [0.15, 0.2) is 0 Å². The number of hydrogen-bond donors (Lipinski definition) is 1. The molecule has 1 fully saturated rings. The molecule has 2 rings (SSSR count). The molecule has 1 aliphatic rings. The predicted molar refractivity (Wildman–Crippen MR) is 74.6 cm³/mol. The molecule has 2 unspecified atom stereocenters. The van der Waals surface area contributed by atoms with Gasteiger partial charge in [-0.2, -0.15) is 0 Å². The maximum absolute atomic E-state index is 6.35. The highest BCUT2D eigenvalue weighted by atomic mass is 35.5. The van der Waals surface area contributed by atoms with Crippen molar-refractivity contribution in [1.82, 2.24) is 5.32 Å². The van der Waals surface area contributed by atoms with E-state index in [0.717, 1.165) is 18.1 Å². The van der Waals surface area contributed by atoms with Gasteiger partial charge in [0.25, 0.3) is 0 Å². The highest BCUT2D eigenvalue weighted by molar-refractivity contribution is 6.31. The summed E-state index contributed by atoms with van der Waals surface area (Å²) >= 11 is 6.35. The largest absolute Gasteiger partial charge is 0.316 e. The normalized spacial score (nSPS) is 25.9. The summed E-state index contributed by atoms with van der Waals surface area (Å²) in [5.41, 5.74) is 1.65. The Balaban J connectivity index is 2.32. The van der Waals surface area contributed by atoms with E-state index >= 15 is 0 Å². The summed E-state index contributed by atoms with van der Waals surface area (Å²) in [6.07, 6.45) is 1.24. The summed E-state index contributed by atoms with van der Waals surface area (Å²) in [5.74, 6) is 1.24. The van der Waals surface area contributed by atoms with Crippen molar-refractivity contribution in [3.8, 4) is 0 Å². The Kier molecular flexibility index (Phi) is 3.79. The summed E-state index contributed by atoms with van der Waals surface area (Å²) < 4.78 is 0. The van der Waals surface area contributed by atoms with Crippen LogP contribution in [0.2, 0.25) is 5.02 Å². The summed E-state index contributed by atoms with van der Waals surface area (Å²) in [6.45, 7) is 9.20. The molecule has 1 N–H and O–H groups in total. The van der Waals surface area contributed by atoms with Crippen LogP contribution in [0.4, 0.5) is 0 Å². The van der Waals surface area contributed by atoms with Crippen molar-refractivity contribution in [2.24, 2.45) is 11.3 Å². The van der Waals surface area contributed by atoms with Gasteiger partial charge in [-0.3, -0.25) is 0 Å². The monoisotopic (exact) mass is 251 g/mol. The first-order valence-electron chi connectivity index (χ1n) is 6.45. The van der Waals surface area contributed by atoms with Gasteiger partial charge in [0.2, 0.25) is 0 Å². The molecule has 1 nitrogen and oxygen atoms in total. The van der Waals surface area contributed by atoms with Crippen LogP contribution >= 0.6 is 11.6 Å². The molecular formula is C15H22ClN. The highest BCUT2D eigenvalue weighted by Crippen LogP contribution is 2.43. The SMILES string of the molecule is CC(C)(C)C1CCNCC1c1ccccc1Cl. The van der Waals surface area contributed by atoms with Crippen molar-refractivity contribution in [3.05, 3.63) is 34.9 Å². The van der Waals surface area contributed by atoms with Crippen molar-refractivity contribution in [2.75, 3.05) is 13.1 Å². The number of nitrogens with one attached hydrogen (secondary N) is 1. The lowest BCUT2D eigenvalue weighted by Gasteiger charge is -2.41. The minimum Gasteiger partial charge on any atom is -0.316 e. The van der Waals surface area contributed by atoms with Crippen molar-refractivity contribution in [1.29, 1.82) is 0 Å². The molecule has 1 aromatic rings. The Labute approximate surface area is 110 Å². The van der Waals surface area contributed by atoms with Crippen molar-refractivity contribution < 1.29 is 0 Å². The van der Waals surface area contributed by atoms with Crippen molar-refractivity contribution in [3.63, 3.8) is 0 Å². The number of rotatable bonds is 1. The zero-order chi connectivity index (χ0) is 12.5. The van der Waals surface area contributed by atoms with E-state index in [9.17, 15) is 0 Å². The van der Waals surface area contributed by atoms with Crippen LogP contribution in [0, 0.1) is 11.3 Å². The first-order chi connectivity index (χ1) is 8.00. The van der Waals surface area contributed by atoms with E-state index in [2.05, 4.69) is 38.2 Å². The van der Waals surface area contributed by atoms with E-state index < -0.39 is 0 Å². The highest BCUT2D eigenvalue weighted by Gasteiger charge is 2.35. The maximum atomic E-state index is 6.35. The molecule has 0 bridgehead atoms. The topological polar surface area (TPSA) is 12.0 Å². The number of halogens is 1. The smallest absolute Gasteiger partial charge is 0.0441 e. The fourth-order valence-corrected chi connectivity index (χ4v) is 3.27. The molecule has 17 heavy (non-hydrogen) atoms. The molecule has 1 saturated heterocycles. The van der Waals surface area contributed by atoms with Gasteiger partial charge in [-0.05, 0) is 35.9 Å². The van der Waals surface area contributed by atoms with Gasteiger partial charge < -0.3 is 5.32 Å². The second kappa shape index (κ2) is 4.99. The number of benzene rings is 1. The summed E-state index contributed by atoms with van der Waals surface area (Å²) in [6, 6.07) is 8.29. The predicted octanol–water partition coefficient (Wildman–Crippen LogP) is 4.08. The van der Waals surface area contributed by atoms with Gasteiger partial charge in [0, 0.05) is 17.5 Å². The van der Waals surface area contributed by atoms with Crippen LogP contribution in [0.25, 0.3) is 0 Å². The molecule has 94 valence electrons. The maximum Gasteiger partial charge on any atom is 0.0441 e. The van der Waals surface area contributed by atoms with Gasteiger partial charge in [-0.15, -0.1) is 0 Å². The third-order valence-corrected chi connectivity index (χ3v) is 4.24. The molecule has 0 aliphatic carbocycles. The lowest BCUT2D eigenvalue weighted by molar-refractivity contribution is 0.160. The van der Waals surface area contributed by atoms with Crippen molar-refractivity contribution in [2.45, 2.75) is 33.1 Å². The van der Waals surface area contributed by atoms with E-state index in [1.54, 1.807) is 0 Å². The minimum atomic E-state index is 0.339. The average Bonchev–Trinajstić information content (AvgIpc) is 2.28. The zero-order valence-electron chi connectivity index (χ0n) is 11.0.